The summed E-state index contributed by atoms with van der Waals surface area (Å²) in [6.45, 7) is 6.20. The fraction of sp³-hybridized carbons (Fsp3) is 0.333. The fourth-order valence-electron chi connectivity index (χ4n) is 1.43. The Morgan fingerprint density at radius 3 is 2.21 bits per heavy atom. The monoisotopic (exact) mass is 275 g/mol. The van der Waals surface area contributed by atoms with Gasteiger partial charge in [0.25, 0.3) is 0 Å². The molecule has 0 fully saturated rings. The van der Waals surface area contributed by atoms with Crippen LogP contribution in [0.15, 0.2) is 41.6 Å². The van der Waals surface area contributed by atoms with E-state index in [9.17, 15) is 0 Å². The molecule has 1 heterocycles. The van der Waals surface area contributed by atoms with Crippen LogP contribution in [0.5, 0.6) is 0 Å². The lowest BCUT2D eigenvalue weighted by atomic mass is 10.3. The number of rotatable bonds is 2. The maximum Gasteiger partial charge on any atom is 0.136 e. The molecule has 0 radical (unpaired) electrons. The fourth-order valence-corrected chi connectivity index (χ4v) is 1.58. The molecular formula is C15H21N3S. The van der Waals surface area contributed by atoms with Crippen LogP contribution < -0.4 is 4.90 Å². The van der Waals surface area contributed by atoms with E-state index in [1.54, 1.807) is 6.33 Å². The number of benzene rings is 1. The number of thiol groups is 1. The zero-order chi connectivity index (χ0) is 14.3. The molecule has 2 aromatic rings. The van der Waals surface area contributed by atoms with Crippen LogP contribution in [0.3, 0.4) is 0 Å². The molecule has 19 heavy (non-hydrogen) atoms. The Hall–Kier alpha value is -1.55. The lowest BCUT2D eigenvalue weighted by molar-refractivity contribution is 1.05. The van der Waals surface area contributed by atoms with Crippen molar-refractivity contribution < 1.29 is 0 Å². The summed E-state index contributed by atoms with van der Waals surface area (Å²) in [6.07, 6.45) is 2.83. The van der Waals surface area contributed by atoms with Crippen LogP contribution in [0.25, 0.3) is 0 Å². The zero-order valence-corrected chi connectivity index (χ0v) is 12.9. The molecular weight excluding hydrogens is 254 g/mol. The number of hydrogen-bond acceptors (Lipinski definition) is 4. The summed E-state index contributed by atoms with van der Waals surface area (Å²) in [5, 5.41) is 0. The molecule has 0 saturated carbocycles. The quantitative estimate of drug-likeness (QED) is 0.830. The van der Waals surface area contributed by atoms with Gasteiger partial charge in [-0.3, -0.25) is 0 Å². The number of nitrogens with zero attached hydrogens (tertiary/aromatic N) is 3. The van der Waals surface area contributed by atoms with Crippen LogP contribution in [0.4, 0.5) is 11.5 Å². The van der Waals surface area contributed by atoms with Crippen LogP contribution in [0.1, 0.15) is 26.0 Å². The van der Waals surface area contributed by atoms with Crippen molar-refractivity contribution in [3.05, 3.63) is 42.4 Å². The third-order valence-electron chi connectivity index (χ3n) is 2.37. The Morgan fingerprint density at radius 1 is 1.11 bits per heavy atom. The van der Waals surface area contributed by atoms with Crippen molar-refractivity contribution >= 4 is 24.1 Å². The first-order chi connectivity index (χ1) is 9.08. The van der Waals surface area contributed by atoms with Crippen molar-refractivity contribution in [2.75, 3.05) is 11.9 Å². The van der Waals surface area contributed by atoms with E-state index in [4.69, 9.17) is 0 Å². The number of aryl methyl sites for hydroxylation is 1. The molecule has 4 heteroatoms. The van der Waals surface area contributed by atoms with E-state index >= 15 is 0 Å². The summed E-state index contributed by atoms with van der Waals surface area (Å²) >= 11 is 4.26. The first-order valence-corrected chi connectivity index (χ1v) is 6.84. The summed E-state index contributed by atoms with van der Waals surface area (Å²) in [6, 6.07) is 9.90. The predicted octanol–water partition coefficient (Wildman–Crippen LogP) is 4.26. The molecule has 1 aromatic carbocycles. The molecule has 1 aromatic heterocycles. The maximum atomic E-state index is 4.26. The van der Waals surface area contributed by atoms with E-state index in [-0.39, 0.29) is 0 Å². The van der Waals surface area contributed by atoms with Crippen molar-refractivity contribution in [1.82, 2.24) is 9.97 Å². The second kappa shape index (κ2) is 7.79. The molecule has 0 saturated heterocycles. The largest absolute Gasteiger partial charge is 0.329 e. The van der Waals surface area contributed by atoms with Crippen LogP contribution in [-0.2, 0) is 0 Å². The van der Waals surface area contributed by atoms with Crippen molar-refractivity contribution in [3.8, 4) is 0 Å². The minimum atomic E-state index is 0.888. The van der Waals surface area contributed by atoms with E-state index in [1.807, 2.05) is 49.2 Å². The minimum absolute atomic E-state index is 0.888. The van der Waals surface area contributed by atoms with Crippen molar-refractivity contribution in [2.45, 2.75) is 32.1 Å². The van der Waals surface area contributed by atoms with Crippen LogP contribution in [-0.4, -0.2) is 17.0 Å². The van der Waals surface area contributed by atoms with Crippen LogP contribution in [0.2, 0.25) is 0 Å². The maximum absolute atomic E-state index is 4.26. The summed E-state index contributed by atoms with van der Waals surface area (Å²) in [7, 11) is 1.98. The van der Waals surface area contributed by atoms with Gasteiger partial charge in [0.15, 0.2) is 0 Å². The van der Waals surface area contributed by atoms with Gasteiger partial charge < -0.3 is 4.90 Å². The molecule has 102 valence electrons. The van der Waals surface area contributed by atoms with Crippen LogP contribution in [0, 0.1) is 6.92 Å². The van der Waals surface area contributed by atoms with E-state index < -0.39 is 0 Å². The Morgan fingerprint density at radius 2 is 1.68 bits per heavy atom. The van der Waals surface area contributed by atoms with Gasteiger partial charge in [0.05, 0.1) is 0 Å². The molecule has 0 atom stereocenters. The van der Waals surface area contributed by atoms with Crippen LogP contribution >= 0.6 is 12.6 Å². The third-order valence-corrected chi connectivity index (χ3v) is 2.67. The second-order valence-corrected chi connectivity index (χ2v) is 4.82. The highest BCUT2D eigenvalue weighted by atomic mass is 32.1. The molecule has 0 unspecified atom stereocenters. The smallest absolute Gasteiger partial charge is 0.136 e. The number of hydrogen-bond donors (Lipinski definition) is 1. The second-order valence-electron chi connectivity index (χ2n) is 4.30. The van der Waals surface area contributed by atoms with Gasteiger partial charge in [-0.1, -0.05) is 20.3 Å². The average Bonchev–Trinajstić information content (AvgIpc) is 2.40. The number of aromatic nitrogens is 2. The molecule has 0 aliphatic rings. The molecule has 0 N–H and O–H groups in total. The predicted molar refractivity (Wildman–Crippen MR) is 84.5 cm³/mol. The first-order valence-electron chi connectivity index (χ1n) is 6.39. The summed E-state index contributed by atoms with van der Waals surface area (Å²) in [4.78, 5) is 11.3. The lowest BCUT2D eigenvalue weighted by Crippen LogP contribution is -2.11. The molecule has 0 spiro atoms. The highest BCUT2D eigenvalue weighted by Crippen LogP contribution is 2.22. The van der Waals surface area contributed by atoms with Crippen molar-refractivity contribution in [1.29, 1.82) is 0 Å². The van der Waals surface area contributed by atoms with Gasteiger partial charge in [-0.15, -0.1) is 12.6 Å². The highest BCUT2D eigenvalue weighted by Gasteiger charge is 2.04. The van der Waals surface area contributed by atoms with Gasteiger partial charge in [-0.25, -0.2) is 9.97 Å². The molecule has 0 aliphatic carbocycles. The Balaban J connectivity index is 0.000000550. The molecule has 3 nitrogen and oxygen atoms in total. The van der Waals surface area contributed by atoms with Gasteiger partial charge in [-0.05, 0) is 31.2 Å². The normalized spacial score (nSPS) is 9.53. The third kappa shape index (κ3) is 4.91. The van der Waals surface area contributed by atoms with Gasteiger partial charge in [-0.2, -0.15) is 0 Å². The topological polar surface area (TPSA) is 29.0 Å². The molecule has 2 rings (SSSR count). The Labute approximate surface area is 121 Å². The minimum Gasteiger partial charge on any atom is -0.329 e. The van der Waals surface area contributed by atoms with Gasteiger partial charge in [0, 0.05) is 29.4 Å². The Kier molecular flexibility index (Phi) is 6.36. The lowest BCUT2D eigenvalue weighted by Gasteiger charge is -2.18. The Bertz CT molecular complexity index is 497. The molecule has 0 amide bonds. The molecule has 0 aliphatic heterocycles. The average molecular weight is 275 g/mol. The van der Waals surface area contributed by atoms with E-state index in [0.717, 1.165) is 22.1 Å². The van der Waals surface area contributed by atoms with E-state index in [0.29, 0.717) is 0 Å². The van der Waals surface area contributed by atoms with Gasteiger partial charge >= 0.3 is 0 Å². The summed E-state index contributed by atoms with van der Waals surface area (Å²) < 4.78 is 0. The van der Waals surface area contributed by atoms with Crippen molar-refractivity contribution in [3.63, 3.8) is 0 Å². The SMILES string of the molecule is CCC.Cc1cc(N(C)c2ccc(S)cc2)ncn1. The van der Waals surface area contributed by atoms with E-state index in [2.05, 4.69) is 36.4 Å². The highest BCUT2D eigenvalue weighted by molar-refractivity contribution is 7.80. The standard InChI is InChI=1S/C12H13N3S.C3H8/c1-9-7-12(14-8-13-9)15(2)10-3-5-11(16)6-4-10;1-3-2/h3-8,16H,1-2H3;3H2,1-2H3. The van der Waals surface area contributed by atoms with E-state index in [1.165, 1.54) is 6.42 Å². The van der Waals surface area contributed by atoms with Gasteiger partial charge in [0.1, 0.15) is 12.1 Å². The zero-order valence-electron chi connectivity index (χ0n) is 12.0. The van der Waals surface area contributed by atoms with Crippen molar-refractivity contribution in [2.24, 2.45) is 0 Å². The van der Waals surface area contributed by atoms with Gasteiger partial charge in [0.2, 0.25) is 0 Å². The molecule has 0 bridgehead atoms. The number of anilines is 2. The first kappa shape index (κ1) is 15.5. The summed E-state index contributed by atoms with van der Waals surface area (Å²) in [5.41, 5.74) is 2.04. The summed E-state index contributed by atoms with van der Waals surface area (Å²) in [5.74, 6) is 0.888.